The summed E-state index contributed by atoms with van der Waals surface area (Å²) in [6.45, 7) is 1.49. The van der Waals surface area contributed by atoms with Crippen LogP contribution in [-0.4, -0.2) is 38.0 Å². The number of aliphatic carboxylic acids is 1. The highest BCUT2D eigenvalue weighted by Crippen LogP contribution is 1.92. The molecule has 0 aliphatic heterocycles. The lowest BCUT2D eigenvalue weighted by molar-refractivity contribution is -0.138. The van der Waals surface area contributed by atoms with Gasteiger partial charge in [0.05, 0.1) is 18.8 Å². The van der Waals surface area contributed by atoms with Crippen LogP contribution in [-0.2, 0) is 22.7 Å². The Bertz CT molecular complexity index is 387. The predicted molar refractivity (Wildman–Crippen MR) is 53.2 cm³/mol. The summed E-state index contributed by atoms with van der Waals surface area (Å²) in [5.41, 5.74) is 5.82. The first-order valence-corrected chi connectivity index (χ1v) is 4.63. The van der Waals surface area contributed by atoms with Gasteiger partial charge in [0.25, 0.3) is 0 Å². The van der Waals surface area contributed by atoms with Crippen molar-refractivity contribution in [2.45, 2.75) is 26.1 Å². The molecule has 0 saturated carbocycles. The summed E-state index contributed by atoms with van der Waals surface area (Å²) in [6, 6.07) is -0.589. The summed E-state index contributed by atoms with van der Waals surface area (Å²) in [6.07, 6.45) is 1.45. The van der Waals surface area contributed by atoms with Crippen molar-refractivity contribution >= 4 is 11.9 Å². The van der Waals surface area contributed by atoms with E-state index in [9.17, 15) is 9.59 Å². The molecule has 1 amide bonds. The summed E-state index contributed by atoms with van der Waals surface area (Å²) < 4.78 is 1.18. The molecule has 8 heteroatoms. The quantitative estimate of drug-likeness (QED) is 0.552. The van der Waals surface area contributed by atoms with E-state index in [-0.39, 0.29) is 19.0 Å². The molecule has 88 valence electrons. The predicted octanol–water partition coefficient (Wildman–Crippen LogP) is -1.67. The molecular weight excluding hydrogens is 214 g/mol. The van der Waals surface area contributed by atoms with E-state index < -0.39 is 12.0 Å². The maximum Gasteiger partial charge on any atom is 0.325 e. The Morgan fingerprint density at radius 1 is 1.69 bits per heavy atom. The number of amides is 1. The molecule has 0 aliphatic rings. The minimum Gasteiger partial charge on any atom is -0.480 e. The van der Waals surface area contributed by atoms with Crippen molar-refractivity contribution in [3.63, 3.8) is 0 Å². The van der Waals surface area contributed by atoms with Crippen molar-refractivity contribution in [1.82, 2.24) is 20.3 Å². The van der Waals surface area contributed by atoms with Gasteiger partial charge in [-0.1, -0.05) is 5.21 Å². The monoisotopic (exact) mass is 227 g/mol. The van der Waals surface area contributed by atoms with E-state index in [1.807, 2.05) is 0 Å². The number of carboxylic acid groups (broad SMARTS) is 1. The van der Waals surface area contributed by atoms with Gasteiger partial charge in [-0.25, -0.2) is 4.68 Å². The Morgan fingerprint density at radius 2 is 2.38 bits per heavy atom. The minimum absolute atomic E-state index is 0.181. The number of nitrogens with two attached hydrogens (primary N) is 1. The summed E-state index contributed by atoms with van der Waals surface area (Å²) in [5, 5.41) is 18.3. The van der Waals surface area contributed by atoms with E-state index in [0.29, 0.717) is 5.69 Å². The highest BCUT2D eigenvalue weighted by atomic mass is 16.4. The lowest BCUT2D eigenvalue weighted by Gasteiger charge is -2.04. The van der Waals surface area contributed by atoms with Gasteiger partial charge < -0.3 is 16.2 Å². The lowest BCUT2D eigenvalue weighted by Crippen LogP contribution is -2.37. The average molecular weight is 227 g/mol. The lowest BCUT2D eigenvalue weighted by atomic mass is 10.3. The molecule has 1 heterocycles. The molecule has 0 bridgehead atoms. The highest BCUT2D eigenvalue weighted by molar-refractivity contribution is 5.80. The average Bonchev–Trinajstić information content (AvgIpc) is 2.60. The van der Waals surface area contributed by atoms with E-state index in [1.165, 1.54) is 10.9 Å². The molecule has 0 radical (unpaired) electrons. The molecule has 0 saturated heterocycles. The highest BCUT2D eigenvalue weighted by Gasteiger charge is 2.08. The number of hydrogen-bond acceptors (Lipinski definition) is 5. The molecule has 4 N–H and O–H groups in total. The van der Waals surface area contributed by atoms with Crippen LogP contribution in [0.25, 0.3) is 0 Å². The fourth-order valence-corrected chi connectivity index (χ4v) is 0.974. The third kappa shape index (κ3) is 3.65. The number of hydrogen-bond donors (Lipinski definition) is 3. The van der Waals surface area contributed by atoms with Crippen molar-refractivity contribution in [1.29, 1.82) is 0 Å². The van der Waals surface area contributed by atoms with Crippen LogP contribution >= 0.6 is 0 Å². The van der Waals surface area contributed by atoms with E-state index in [1.54, 1.807) is 6.92 Å². The van der Waals surface area contributed by atoms with Crippen LogP contribution in [0.3, 0.4) is 0 Å². The maximum absolute atomic E-state index is 11.1. The van der Waals surface area contributed by atoms with Crippen LogP contribution in [0.15, 0.2) is 6.20 Å². The zero-order valence-electron chi connectivity index (χ0n) is 8.75. The molecule has 0 aliphatic carbocycles. The number of carbonyl (C=O) groups excluding carboxylic acids is 1. The Labute approximate surface area is 91.4 Å². The van der Waals surface area contributed by atoms with Gasteiger partial charge in [0.15, 0.2) is 0 Å². The molecule has 8 nitrogen and oxygen atoms in total. The summed E-state index contributed by atoms with van der Waals surface area (Å²) in [7, 11) is 0. The molecule has 1 aromatic rings. The van der Waals surface area contributed by atoms with Crippen molar-refractivity contribution in [2.75, 3.05) is 0 Å². The standard InChI is InChI=1S/C8H13N5O3/c1-5(9)8(16)10-2-6-3-13(12-11-6)4-7(14)15/h3,5H,2,4,9H2,1H3,(H,10,16)(H,14,15)/t5-/m1/s1. The molecular formula is C8H13N5O3. The molecule has 0 aromatic carbocycles. The van der Waals surface area contributed by atoms with Gasteiger partial charge in [-0.15, -0.1) is 5.10 Å². The van der Waals surface area contributed by atoms with Crippen molar-refractivity contribution in [2.24, 2.45) is 5.73 Å². The Balaban J connectivity index is 2.46. The van der Waals surface area contributed by atoms with Gasteiger partial charge in [0.1, 0.15) is 12.2 Å². The Hall–Kier alpha value is -1.96. The van der Waals surface area contributed by atoms with Gasteiger partial charge >= 0.3 is 5.97 Å². The second kappa shape index (κ2) is 5.21. The SMILES string of the molecule is C[C@@H](N)C(=O)NCc1cn(CC(=O)O)nn1. The fourth-order valence-electron chi connectivity index (χ4n) is 0.974. The second-order valence-electron chi connectivity index (χ2n) is 3.31. The van der Waals surface area contributed by atoms with E-state index >= 15 is 0 Å². The number of nitrogens with one attached hydrogen (secondary N) is 1. The second-order valence-corrected chi connectivity index (χ2v) is 3.31. The number of rotatable bonds is 5. The maximum atomic E-state index is 11.1. The van der Waals surface area contributed by atoms with Crippen molar-refractivity contribution in [3.05, 3.63) is 11.9 Å². The smallest absolute Gasteiger partial charge is 0.325 e. The molecule has 0 spiro atoms. The van der Waals surface area contributed by atoms with E-state index in [2.05, 4.69) is 15.6 Å². The minimum atomic E-state index is -1.00. The molecule has 1 aromatic heterocycles. The number of carboxylic acids is 1. The van der Waals surface area contributed by atoms with Gasteiger partial charge in [-0.05, 0) is 6.92 Å². The van der Waals surface area contributed by atoms with Crippen LogP contribution < -0.4 is 11.1 Å². The number of aromatic nitrogens is 3. The van der Waals surface area contributed by atoms with Crippen LogP contribution in [0.4, 0.5) is 0 Å². The van der Waals surface area contributed by atoms with Crippen LogP contribution in [0.1, 0.15) is 12.6 Å². The number of nitrogens with zero attached hydrogens (tertiary/aromatic N) is 3. The Kier molecular flexibility index (Phi) is 3.95. The van der Waals surface area contributed by atoms with Gasteiger partial charge in [0, 0.05) is 0 Å². The van der Waals surface area contributed by atoms with Gasteiger partial charge in [0.2, 0.25) is 5.91 Å². The van der Waals surface area contributed by atoms with Crippen LogP contribution in [0.5, 0.6) is 0 Å². The molecule has 1 rings (SSSR count). The van der Waals surface area contributed by atoms with E-state index in [4.69, 9.17) is 10.8 Å². The molecule has 0 fully saturated rings. The van der Waals surface area contributed by atoms with E-state index in [0.717, 1.165) is 0 Å². The summed E-state index contributed by atoms with van der Waals surface area (Å²) in [5.74, 6) is -1.30. The third-order valence-corrected chi connectivity index (χ3v) is 1.74. The first-order chi connectivity index (χ1) is 7.49. The number of carbonyl (C=O) groups is 2. The third-order valence-electron chi connectivity index (χ3n) is 1.74. The summed E-state index contributed by atoms with van der Waals surface area (Å²) in [4.78, 5) is 21.5. The first-order valence-electron chi connectivity index (χ1n) is 4.63. The van der Waals surface area contributed by atoms with Crippen LogP contribution in [0, 0.1) is 0 Å². The first kappa shape index (κ1) is 12.1. The van der Waals surface area contributed by atoms with Gasteiger partial charge in [-0.2, -0.15) is 0 Å². The van der Waals surface area contributed by atoms with Gasteiger partial charge in [-0.3, -0.25) is 9.59 Å². The van der Waals surface area contributed by atoms with Crippen molar-refractivity contribution in [3.8, 4) is 0 Å². The Morgan fingerprint density at radius 3 is 2.94 bits per heavy atom. The zero-order valence-corrected chi connectivity index (χ0v) is 8.75. The largest absolute Gasteiger partial charge is 0.480 e. The molecule has 0 unspecified atom stereocenters. The van der Waals surface area contributed by atoms with Crippen LogP contribution in [0.2, 0.25) is 0 Å². The zero-order chi connectivity index (χ0) is 12.1. The van der Waals surface area contributed by atoms with Crippen molar-refractivity contribution < 1.29 is 14.7 Å². The molecule has 16 heavy (non-hydrogen) atoms. The topological polar surface area (TPSA) is 123 Å². The normalized spacial score (nSPS) is 12.1. The molecule has 1 atom stereocenters. The summed E-state index contributed by atoms with van der Waals surface area (Å²) >= 11 is 0. The fraction of sp³-hybridized carbons (Fsp3) is 0.500.